The van der Waals surface area contributed by atoms with Gasteiger partial charge in [0, 0.05) is 6.20 Å². The molecular weight excluding hydrogens is 278 g/mol. The maximum Gasteiger partial charge on any atom is 0.351 e. The summed E-state index contributed by atoms with van der Waals surface area (Å²) in [6.45, 7) is -0.0202. The Hall–Kier alpha value is -1.70. The van der Waals surface area contributed by atoms with Crippen molar-refractivity contribution in [2.45, 2.75) is 25.2 Å². The highest BCUT2D eigenvalue weighted by Crippen LogP contribution is 2.26. The first-order valence-electron chi connectivity index (χ1n) is 6.29. The Morgan fingerprint density at radius 1 is 1.45 bits per heavy atom. The number of anilines is 1. The maximum atomic E-state index is 11.5. The van der Waals surface area contributed by atoms with Crippen molar-refractivity contribution in [3.63, 3.8) is 0 Å². The van der Waals surface area contributed by atoms with Gasteiger partial charge in [-0.05, 0) is 29.7 Å². The number of aliphatic hydroxyl groups is 1. The van der Waals surface area contributed by atoms with E-state index in [4.69, 9.17) is 15.6 Å². The van der Waals surface area contributed by atoms with E-state index in [9.17, 15) is 4.79 Å². The van der Waals surface area contributed by atoms with Gasteiger partial charge in [-0.2, -0.15) is 16.3 Å². The summed E-state index contributed by atoms with van der Waals surface area (Å²) in [5.41, 5.74) is 4.96. The summed E-state index contributed by atoms with van der Waals surface area (Å²) in [6.07, 6.45) is 2.51. The second-order valence-corrected chi connectivity index (χ2v) is 5.12. The minimum Gasteiger partial charge on any atom is -0.394 e. The van der Waals surface area contributed by atoms with E-state index < -0.39 is 5.69 Å². The van der Waals surface area contributed by atoms with Crippen molar-refractivity contribution in [3.8, 4) is 0 Å². The van der Waals surface area contributed by atoms with Gasteiger partial charge in [-0.25, -0.2) is 4.79 Å². The summed E-state index contributed by atoms with van der Waals surface area (Å²) in [5, 5.41) is 13.0. The van der Waals surface area contributed by atoms with E-state index in [2.05, 4.69) is 4.98 Å². The number of nitrogen functional groups attached to an aromatic ring is 1. The lowest BCUT2D eigenvalue weighted by Crippen LogP contribution is -2.27. The Kier molecular flexibility index (Phi) is 5.28. The van der Waals surface area contributed by atoms with E-state index in [-0.39, 0.29) is 24.8 Å². The molecule has 3 rings (SSSR count). The molecule has 0 unspecified atom stereocenters. The first kappa shape index (κ1) is 14.7. The zero-order chi connectivity index (χ0) is 14.4. The van der Waals surface area contributed by atoms with Gasteiger partial charge in [0.15, 0.2) is 0 Å². The topological polar surface area (TPSA) is 90.4 Å². The van der Waals surface area contributed by atoms with Crippen molar-refractivity contribution < 1.29 is 9.84 Å². The lowest BCUT2D eigenvalue weighted by atomic mass is 10.2. The number of aromatic nitrogens is 2. The predicted octanol–water partition coefficient (Wildman–Crippen LogP) is 1.24. The molecule has 20 heavy (non-hydrogen) atoms. The fourth-order valence-corrected chi connectivity index (χ4v) is 2.35. The number of rotatable bonds is 2. The van der Waals surface area contributed by atoms with Crippen LogP contribution in [-0.2, 0) is 4.74 Å². The van der Waals surface area contributed by atoms with Crippen LogP contribution < -0.4 is 11.4 Å². The minimum absolute atomic E-state index is 0.0202. The molecule has 0 spiro atoms. The molecule has 3 heterocycles. The predicted molar refractivity (Wildman–Crippen MR) is 77.5 cm³/mol. The van der Waals surface area contributed by atoms with Crippen LogP contribution >= 0.6 is 11.3 Å². The summed E-state index contributed by atoms with van der Waals surface area (Å²) in [6, 6.07) is 5.59. The second kappa shape index (κ2) is 7.18. The molecule has 2 atom stereocenters. The highest BCUT2D eigenvalue weighted by molar-refractivity contribution is 7.07. The first-order valence-corrected chi connectivity index (χ1v) is 7.23. The van der Waals surface area contributed by atoms with E-state index in [1.54, 1.807) is 23.6 Å². The van der Waals surface area contributed by atoms with Crippen LogP contribution in [0.25, 0.3) is 0 Å². The van der Waals surface area contributed by atoms with Gasteiger partial charge >= 0.3 is 5.69 Å². The Labute approximate surface area is 120 Å². The third kappa shape index (κ3) is 3.89. The summed E-state index contributed by atoms with van der Waals surface area (Å²) < 4.78 is 6.84. The molecule has 0 saturated carbocycles. The smallest absolute Gasteiger partial charge is 0.351 e. The van der Waals surface area contributed by atoms with Crippen molar-refractivity contribution in [1.82, 2.24) is 9.55 Å². The van der Waals surface area contributed by atoms with E-state index in [1.807, 2.05) is 22.9 Å². The summed E-state index contributed by atoms with van der Waals surface area (Å²) in [5.74, 6) is 0.202. The van der Waals surface area contributed by atoms with Crippen LogP contribution in [0.2, 0.25) is 0 Å². The van der Waals surface area contributed by atoms with Crippen LogP contribution in [0.4, 0.5) is 5.82 Å². The number of ether oxygens (including phenoxy) is 1. The van der Waals surface area contributed by atoms with Crippen LogP contribution in [0.15, 0.2) is 40.0 Å². The molecule has 0 bridgehead atoms. The largest absolute Gasteiger partial charge is 0.394 e. The molecule has 1 aliphatic rings. The Balaban J connectivity index is 0.000000247. The minimum atomic E-state index is -0.418. The molecule has 1 saturated heterocycles. The summed E-state index contributed by atoms with van der Waals surface area (Å²) in [7, 11) is 0. The highest BCUT2D eigenvalue weighted by atomic mass is 32.1. The number of nitrogens with zero attached hydrogens (tertiary/aromatic N) is 2. The van der Waals surface area contributed by atoms with Crippen molar-refractivity contribution in [1.29, 1.82) is 0 Å². The van der Waals surface area contributed by atoms with Crippen molar-refractivity contribution in [2.75, 3.05) is 12.3 Å². The van der Waals surface area contributed by atoms with E-state index in [0.717, 1.165) is 6.42 Å². The molecule has 0 aromatic carbocycles. The third-order valence-electron chi connectivity index (χ3n) is 2.88. The third-order valence-corrected chi connectivity index (χ3v) is 3.50. The van der Waals surface area contributed by atoms with Crippen LogP contribution in [0.3, 0.4) is 0 Å². The molecule has 0 amide bonds. The van der Waals surface area contributed by atoms with Crippen LogP contribution in [0, 0.1) is 0 Å². The molecule has 2 aromatic heterocycles. The maximum absolute atomic E-state index is 11.5. The lowest BCUT2D eigenvalue weighted by molar-refractivity contribution is -0.0245. The normalized spacial score (nSPS) is 21.2. The highest BCUT2D eigenvalue weighted by Gasteiger charge is 2.26. The SMILES string of the molecule is Nc1ccn([C@@H]2CC[C@H](CO)O2)c(=O)n1.c1ccsc1. The second-order valence-electron chi connectivity index (χ2n) is 4.31. The average Bonchev–Trinajstić information content (AvgIpc) is 3.13. The molecular formula is C13H17N3O3S. The van der Waals surface area contributed by atoms with Crippen LogP contribution in [-0.4, -0.2) is 27.4 Å². The molecule has 1 fully saturated rings. The number of nitrogens with two attached hydrogens (primary N) is 1. The van der Waals surface area contributed by atoms with E-state index in [1.165, 1.54) is 4.57 Å². The average molecular weight is 295 g/mol. The van der Waals surface area contributed by atoms with Crippen molar-refractivity contribution in [2.24, 2.45) is 0 Å². The first-order chi connectivity index (χ1) is 9.70. The zero-order valence-corrected chi connectivity index (χ0v) is 11.7. The molecule has 108 valence electrons. The summed E-state index contributed by atoms with van der Waals surface area (Å²) in [4.78, 5) is 15.1. The van der Waals surface area contributed by atoms with Crippen molar-refractivity contribution >= 4 is 17.2 Å². The van der Waals surface area contributed by atoms with Gasteiger partial charge in [0.05, 0.1) is 12.7 Å². The Morgan fingerprint density at radius 3 is 2.70 bits per heavy atom. The Morgan fingerprint density at radius 2 is 2.20 bits per heavy atom. The molecule has 1 aliphatic heterocycles. The van der Waals surface area contributed by atoms with Gasteiger partial charge in [-0.3, -0.25) is 4.57 Å². The molecule has 0 aliphatic carbocycles. The van der Waals surface area contributed by atoms with Gasteiger partial charge in [-0.1, -0.05) is 12.1 Å². The molecule has 6 nitrogen and oxygen atoms in total. The number of hydrogen-bond donors (Lipinski definition) is 2. The lowest BCUT2D eigenvalue weighted by Gasteiger charge is -2.14. The Bertz CT molecular complexity index is 553. The van der Waals surface area contributed by atoms with E-state index >= 15 is 0 Å². The monoisotopic (exact) mass is 295 g/mol. The van der Waals surface area contributed by atoms with Gasteiger partial charge in [0.25, 0.3) is 0 Å². The fourth-order valence-electron chi connectivity index (χ4n) is 1.90. The van der Waals surface area contributed by atoms with Crippen LogP contribution in [0.5, 0.6) is 0 Å². The molecule has 3 N–H and O–H groups in total. The van der Waals surface area contributed by atoms with Crippen LogP contribution in [0.1, 0.15) is 19.1 Å². The molecule has 2 aromatic rings. The quantitative estimate of drug-likeness (QED) is 0.870. The number of thiophene rings is 1. The van der Waals surface area contributed by atoms with Gasteiger partial charge in [0.2, 0.25) is 0 Å². The molecule has 0 radical (unpaired) electrons. The van der Waals surface area contributed by atoms with Gasteiger partial charge in [0.1, 0.15) is 12.0 Å². The van der Waals surface area contributed by atoms with Crippen molar-refractivity contribution in [3.05, 3.63) is 45.6 Å². The molecule has 7 heteroatoms. The van der Waals surface area contributed by atoms with E-state index in [0.29, 0.717) is 6.42 Å². The number of aliphatic hydroxyl groups excluding tert-OH is 1. The standard InChI is InChI=1S/C9H13N3O3.C4H4S/c10-7-3-4-12(9(14)11-7)8-2-1-6(5-13)15-8;1-2-4-5-3-1/h3-4,6,8,13H,1-2,5H2,(H2,10,11,14);1-4H/t6-,8+;/m1./s1. The zero-order valence-electron chi connectivity index (χ0n) is 10.9. The summed E-state index contributed by atoms with van der Waals surface area (Å²) >= 11 is 1.71. The number of hydrogen-bond acceptors (Lipinski definition) is 6. The fraction of sp³-hybridized carbons (Fsp3) is 0.385. The van der Waals surface area contributed by atoms with Gasteiger partial charge < -0.3 is 15.6 Å². The van der Waals surface area contributed by atoms with Gasteiger partial charge in [-0.15, -0.1) is 0 Å².